The van der Waals surface area contributed by atoms with Gasteiger partial charge < -0.3 is 4.42 Å². The van der Waals surface area contributed by atoms with Gasteiger partial charge in [-0.15, -0.1) is 0 Å². The first-order valence-corrected chi connectivity index (χ1v) is 6.12. The molecule has 1 aromatic carbocycles. The maximum absolute atomic E-state index is 13.6. The van der Waals surface area contributed by atoms with E-state index in [1.165, 1.54) is 12.1 Å². The average Bonchev–Trinajstić information content (AvgIpc) is 2.86. The molecule has 1 aromatic heterocycles. The minimum absolute atomic E-state index is 0.291. The molecule has 0 saturated carbocycles. The van der Waals surface area contributed by atoms with Crippen molar-refractivity contribution in [2.24, 2.45) is 5.84 Å². The van der Waals surface area contributed by atoms with Gasteiger partial charge in [-0.05, 0) is 30.2 Å². The summed E-state index contributed by atoms with van der Waals surface area (Å²) < 4.78 is 32.0. The molecule has 0 fully saturated rings. The van der Waals surface area contributed by atoms with Crippen LogP contribution in [0.1, 0.15) is 30.0 Å². The molecule has 5 heteroatoms. The molecule has 0 aliphatic heterocycles. The second-order valence-corrected chi connectivity index (χ2v) is 4.32. The van der Waals surface area contributed by atoms with Crippen LogP contribution < -0.4 is 11.3 Å². The summed E-state index contributed by atoms with van der Waals surface area (Å²) >= 11 is 0. The third-order valence-electron chi connectivity index (χ3n) is 3.01. The summed E-state index contributed by atoms with van der Waals surface area (Å²) in [5.74, 6) is 5.79. The molecule has 2 aromatic rings. The third kappa shape index (κ3) is 3.19. The normalized spacial score (nSPS) is 12.6. The molecule has 0 saturated heterocycles. The number of benzene rings is 1. The van der Waals surface area contributed by atoms with Gasteiger partial charge in [0.2, 0.25) is 0 Å². The maximum atomic E-state index is 13.6. The zero-order valence-electron chi connectivity index (χ0n) is 10.6. The number of nitrogens with one attached hydrogen (secondary N) is 1. The predicted molar refractivity (Wildman–Crippen MR) is 68.2 cm³/mol. The van der Waals surface area contributed by atoms with E-state index in [0.29, 0.717) is 17.7 Å². The minimum Gasteiger partial charge on any atom is -0.464 e. The Morgan fingerprint density at radius 1 is 1.26 bits per heavy atom. The summed E-state index contributed by atoms with van der Waals surface area (Å²) in [4.78, 5) is 0. The van der Waals surface area contributed by atoms with E-state index in [0.717, 1.165) is 18.2 Å². The van der Waals surface area contributed by atoms with Crippen LogP contribution in [-0.4, -0.2) is 0 Å². The molecule has 1 unspecified atom stereocenters. The molecule has 19 heavy (non-hydrogen) atoms. The van der Waals surface area contributed by atoms with Crippen molar-refractivity contribution in [2.45, 2.75) is 25.8 Å². The molecular formula is C14H16F2N2O. The molecule has 0 aliphatic rings. The number of furan rings is 1. The van der Waals surface area contributed by atoms with Gasteiger partial charge in [0.15, 0.2) is 0 Å². The zero-order valence-corrected chi connectivity index (χ0v) is 10.6. The number of hydrogen-bond donors (Lipinski definition) is 2. The molecule has 0 spiro atoms. The van der Waals surface area contributed by atoms with Crippen LogP contribution in [0, 0.1) is 11.6 Å². The Morgan fingerprint density at radius 2 is 2.05 bits per heavy atom. The summed E-state index contributed by atoms with van der Waals surface area (Å²) in [6.07, 6.45) is 1.07. The first-order valence-electron chi connectivity index (χ1n) is 6.12. The lowest BCUT2D eigenvalue weighted by Crippen LogP contribution is -2.29. The first-order chi connectivity index (χ1) is 9.13. The highest BCUT2D eigenvalue weighted by Gasteiger charge is 2.17. The largest absolute Gasteiger partial charge is 0.464 e. The Balaban J connectivity index is 2.18. The van der Waals surface area contributed by atoms with Gasteiger partial charge in [-0.25, -0.2) is 14.2 Å². The maximum Gasteiger partial charge on any atom is 0.129 e. The number of aryl methyl sites for hydroxylation is 1. The summed E-state index contributed by atoms with van der Waals surface area (Å²) in [5, 5.41) is 0. The summed E-state index contributed by atoms with van der Waals surface area (Å²) in [7, 11) is 0. The van der Waals surface area contributed by atoms with Gasteiger partial charge in [-0.2, -0.15) is 0 Å². The Hall–Kier alpha value is -1.72. The topological polar surface area (TPSA) is 51.2 Å². The van der Waals surface area contributed by atoms with Crippen molar-refractivity contribution in [3.05, 3.63) is 59.1 Å². The number of hydrogen-bond acceptors (Lipinski definition) is 3. The van der Waals surface area contributed by atoms with Gasteiger partial charge in [0.05, 0.1) is 6.04 Å². The van der Waals surface area contributed by atoms with Gasteiger partial charge >= 0.3 is 0 Å². The van der Waals surface area contributed by atoms with Crippen molar-refractivity contribution in [1.29, 1.82) is 0 Å². The Labute approximate surface area is 110 Å². The predicted octanol–water partition coefficient (Wildman–Crippen LogP) is 2.87. The Morgan fingerprint density at radius 3 is 2.63 bits per heavy atom. The fraction of sp³-hybridized carbons (Fsp3) is 0.286. The van der Waals surface area contributed by atoms with Gasteiger partial charge in [0.25, 0.3) is 0 Å². The average molecular weight is 266 g/mol. The fourth-order valence-electron chi connectivity index (χ4n) is 1.92. The molecule has 102 valence electrons. The van der Waals surface area contributed by atoms with Crippen molar-refractivity contribution in [1.82, 2.24) is 5.43 Å². The minimum atomic E-state index is -0.593. The van der Waals surface area contributed by atoms with Crippen molar-refractivity contribution >= 4 is 0 Å². The highest BCUT2D eigenvalue weighted by molar-refractivity contribution is 5.22. The number of hydrazine groups is 1. The highest BCUT2D eigenvalue weighted by atomic mass is 19.1. The summed E-state index contributed by atoms with van der Waals surface area (Å²) in [5.41, 5.74) is 2.98. The zero-order chi connectivity index (χ0) is 13.8. The van der Waals surface area contributed by atoms with E-state index in [4.69, 9.17) is 10.3 Å². The van der Waals surface area contributed by atoms with Gasteiger partial charge in [0, 0.05) is 12.5 Å². The number of rotatable bonds is 5. The lowest BCUT2D eigenvalue weighted by atomic mass is 10.0. The van der Waals surface area contributed by atoms with Crippen LogP contribution in [0.5, 0.6) is 0 Å². The second-order valence-electron chi connectivity index (χ2n) is 4.32. The van der Waals surface area contributed by atoms with Crippen LogP contribution in [-0.2, 0) is 12.8 Å². The number of nitrogens with two attached hydrogens (primary N) is 1. The van der Waals surface area contributed by atoms with E-state index < -0.39 is 11.6 Å². The summed E-state index contributed by atoms with van der Waals surface area (Å²) in [6, 6.07) is 6.83. The molecule has 2 rings (SSSR count). The van der Waals surface area contributed by atoms with E-state index in [2.05, 4.69) is 5.43 Å². The molecule has 3 N–H and O–H groups in total. The van der Waals surface area contributed by atoms with E-state index in [1.54, 1.807) is 0 Å². The first kappa shape index (κ1) is 13.7. The SMILES string of the molecule is CCc1ccc(C(Cc2ccc(F)cc2F)NN)o1. The molecule has 0 amide bonds. The van der Waals surface area contributed by atoms with Gasteiger partial charge in [-0.3, -0.25) is 5.84 Å². The van der Waals surface area contributed by atoms with Gasteiger partial charge in [-0.1, -0.05) is 13.0 Å². The molecular weight excluding hydrogens is 250 g/mol. The highest BCUT2D eigenvalue weighted by Crippen LogP contribution is 2.22. The molecule has 0 bridgehead atoms. The Kier molecular flexibility index (Phi) is 4.29. The van der Waals surface area contributed by atoms with Crippen LogP contribution in [0.3, 0.4) is 0 Å². The van der Waals surface area contributed by atoms with Crippen molar-refractivity contribution in [3.8, 4) is 0 Å². The monoisotopic (exact) mass is 266 g/mol. The van der Waals surface area contributed by atoms with Crippen molar-refractivity contribution in [2.75, 3.05) is 0 Å². The summed E-state index contributed by atoms with van der Waals surface area (Å²) in [6.45, 7) is 1.98. The number of halogens is 2. The lowest BCUT2D eigenvalue weighted by molar-refractivity contribution is 0.393. The third-order valence-corrected chi connectivity index (χ3v) is 3.01. The second kappa shape index (κ2) is 5.95. The molecule has 1 heterocycles. The Bertz CT molecular complexity index is 554. The van der Waals surface area contributed by atoms with Crippen molar-refractivity contribution < 1.29 is 13.2 Å². The smallest absolute Gasteiger partial charge is 0.129 e. The fourth-order valence-corrected chi connectivity index (χ4v) is 1.92. The van der Waals surface area contributed by atoms with Crippen LogP contribution >= 0.6 is 0 Å². The molecule has 3 nitrogen and oxygen atoms in total. The van der Waals surface area contributed by atoms with Crippen LogP contribution in [0.4, 0.5) is 8.78 Å². The van der Waals surface area contributed by atoms with E-state index in [-0.39, 0.29) is 6.04 Å². The van der Waals surface area contributed by atoms with Crippen LogP contribution in [0.2, 0.25) is 0 Å². The molecule has 0 radical (unpaired) electrons. The quantitative estimate of drug-likeness (QED) is 0.646. The standard InChI is InChI=1S/C14H16F2N2O/c1-2-11-5-6-14(19-11)13(18-17)7-9-3-4-10(15)8-12(9)16/h3-6,8,13,18H,2,7,17H2,1H3. The van der Waals surface area contributed by atoms with E-state index in [9.17, 15) is 8.78 Å². The van der Waals surface area contributed by atoms with Crippen molar-refractivity contribution in [3.63, 3.8) is 0 Å². The van der Waals surface area contributed by atoms with Gasteiger partial charge in [0.1, 0.15) is 23.2 Å². The molecule has 1 atom stereocenters. The lowest BCUT2D eigenvalue weighted by Gasteiger charge is -2.14. The van der Waals surface area contributed by atoms with E-state index >= 15 is 0 Å². The van der Waals surface area contributed by atoms with Crippen LogP contribution in [0.25, 0.3) is 0 Å². The van der Waals surface area contributed by atoms with E-state index in [1.807, 2.05) is 19.1 Å². The van der Waals surface area contributed by atoms with Crippen LogP contribution in [0.15, 0.2) is 34.7 Å². The molecule has 0 aliphatic carbocycles.